The zero-order valence-electron chi connectivity index (χ0n) is 14.7. The number of hydrogen-bond acceptors (Lipinski definition) is 3. The molecule has 0 radical (unpaired) electrons. The van der Waals surface area contributed by atoms with Crippen molar-refractivity contribution in [2.75, 3.05) is 4.90 Å². The number of para-hydroxylation sites is 1. The molecule has 1 heterocycles. The fourth-order valence-electron chi connectivity index (χ4n) is 2.83. The summed E-state index contributed by atoms with van der Waals surface area (Å²) in [5, 5.41) is 0. The number of nitrogens with zero attached hydrogens (tertiary/aromatic N) is 1. The summed E-state index contributed by atoms with van der Waals surface area (Å²) in [5.74, 6) is 0.460. The summed E-state index contributed by atoms with van der Waals surface area (Å²) in [6.07, 6.45) is 2.79. The number of hydrogen-bond donors (Lipinski definition) is 0. The molecular formula is C21H21NOS2. The second-order valence-electron chi connectivity index (χ2n) is 6.32. The van der Waals surface area contributed by atoms with Crippen LogP contribution in [0.2, 0.25) is 0 Å². The van der Waals surface area contributed by atoms with Gasteiger partial charge in [0.2, 0.25) is 0 Å². The van der Waals surface area contributed by atoms with Gasteiger partial charge < -0.3 is 0 Å². The van der Waals surface area contributed by atoms with Crippen molar-refractivity contribution >= 4 is 46.0 Å². The predicted octanol–water partition coefficient (Wildman–Crippen LogP) is 5.78. The third-order valence-corrected chi connectivity index (χ3v) is 5.61. The van der Waals surface area contributed by atoms with Crippen molar-refractivity contribution in [1.29, 1.82) is 0 Å². The minimum Gasteiger partial charge on any atom is -0.268 e. The van der Waals surface area contributed by atoms with E-state index in [-0.39, 0.29) is 5.91 Å². The van der Waals surface area contributed by atoms with Gasteiger partial charge in [-0.15, -0.1) is 0 Å². The fraction of sp³-hybridized carbons (Fsp3) is 0.238. The SMILES string of the molecule is CCc1ccccc1N1C(=O)C(=Cc2ccc(C(C)C)cc2)SC1=S. The lowest BCUT2D eigenvalue weighted by molar-refractivity contribution is -0.113. The molecule has 0 aromatic heterocycles. The quantitative estimate of drug-likeness (QED) is 0.505. The molecule has 2 nitrogen and oxygen atoms in total. The molecule has 1 aliphatic heterocycles. The van der Waals surface area contributed by atoms with Crippen LogP contribution in [0.25, 0.3) is 6.08 Å². The Bertz CT molecular complexity index is 837. The van der Waals surface area contributed by atoms with Crippen LogP contribution in [0.1, 0.15) is 43.4 Å². The maximum atomic E-state index is 12.9. The monoisotopic (exact) mass is 367 g/mol. The second kappa shape index (κ2) is 7.54. The van der Waals surface area contributed by atoms with E-state index in [1.54, 1.807) is 4.90 Å². The molecule has 3 rings (SSSR count). The van der Waals surface area contributed by atoms with Crippen molar-refractivity contribution in [2.45, 2.75) is 33.1 Å². The summed E-state index contributed by atoms with van der Waals surface area (Å²) < 4.78 is 0.593. The molecule has 4 heteroatoms. The van der Waals surface area contributed by atoms with Crippen LogP contribution < -0.4 is 4.90 Å². The number of aryl methyl sites for hydroxylation is 1. The van der Waals surface area contributed by atoms with E-state index in [9.17, 15) is 4.79 Å². The van der Waals surface area contributed by atoms with E-state index >= 15 is 0 Å². The van der Waals surface area contributed by atoms with Crippen LogP contribution in [-0.4, -0.2) is 10.2 Å². The summed E-state index contributed by atoms with van der Waals surface area (Å²) in [4.78, 5) is 15.2. The zero-order valence-corrected chi connectivity index (χ0v) is 16.3. The smallest absolute Gasteiger partial charge is 0.268 e. The second-order valence-corrected chi connectivity index (χ2v) is 8.00. The third-order valence-electron chi connectivity index (χ3n) is 4.31. The molecule has 1 amide bonds. The third kappa shape index (κ3) is 3.70. The summed E-state index contributed by atoms with van der Waals surface area (Å²) in [6.45, 7) is 6.43. The van der Waals surface area contributed by atoms with E-state index < -0.39 is 0 Å². The lowest BCUT2D eigenvalue weighted by atomic mass is 10.0. The minimum atomic E-state index is -0.0381. The van der Waals surface area contributed by atoms with E-state index in [1.807, 2.05) is 30.3 Å². The van der Waals surface area contributed by atoms with Crippen LogP contribution >= 0.6 is 24.0 Å². The van der Waals surface area contributed by atoms with Crippen LogP contribution in [0.4, 0.5) is 5.69 Å². The molecule has 2 aromatic rings. The number of carbonyl (C=O) groups is 1. The predicted molar refractivity (Wildman–Crippen MR) is 112 cm³/mol. The van der Waals surface area contributed by atoms with Crippen molar-refractivity contribution in [2.24, 2.45) is 0 Å². The minimum absolute atomic E-state index is 0.0381. The molecule has 0 N–H and O–H groups in total. The highest BCUT2D eigenvalue weighted by atomic mass is 32.2. The van der Waals surface area contributed by atoms with Gasteiger partial charge in [0.05, 0.1) is 10.6 Å². The first-order valence-electron chi connectivity index (χ1n) is 8.47. The molecule has 0 spiro atoms. The standard InChI is InChI=1S/C21H21NOS2/c1-4-16-7-5-6-8-18(16)22-20(23)19(25-21(22)24)13-15-9-11-17(12-10-15)14(2)3/h5-14H,4H2,1-3H3. The summed E-state index contributed by atoms with van der Waals surface area (Å²) in [6, 6.07) is 16.3. The number of thioether (sulfide) groups is 1. The molecule has 25 heavy (non-hydrogen) atoms. The largest absolute Gasteiger partial charge is 0.270 e. The zero-order chi connectivity index (χ0) is 18.0. The topological polar surface area (TPSA) is 20.3 Å². The van der Waals surface area contributed by atoms with Crippen LogP contribution in [0, 0.1) is 0 Å². The average molecular weight is 368 g/mol. The highest BCUT2D eigenvalue weighted by Gasteiger charge is 2.34. The Labute approximate surface area is 158 Å². The highest BCUT2D eigenvalue weighted by Crippen LogP contribution is 2.37. The van der Waals surface area contributed by atoms with Crippen molar-refractivity contribution in [1.82, 2.24) is 0 Å². The lowest BCUT2D eigenvalue weighted by Gasteiger charge is -2.18. The molecule has 1 aliphatic rings. The van der Waals surface area contributed by atoms with Gasteiger partial charge in [-0.1, -0.05) is 87.2 Å². The summed E-state index contributed by atoms with van der Waals surface area (Å²) in [7, 11) is 0. The van der Waals surface area contributed by atoms with Crippen LogP contribution in [0.5, 0.6) is 0 Å². The molecule has 0 saturated carbocycles. The van der Waals surface area contributed by atoms with E-state index in [0.717, 1.165) is 23.2 Å². The fourth-order valence-corrected chi connectivity index (χ4v) is 4.12. The molecule has 0 unspecified atom stereocenters. The van der Waals surface area contributed by atoms with Gasteiger partial charge in [0.1, 0.15) is 0 Å². The molecule has 128 valence electrons. The average Bonchev–Trinajstić information content (AvgIpc) is 2.89. The Kier molecular flexibility index (Phi) is 5.40. The Hall–Kier alpha value is -1.91. The number of carbonyl (C=O) groups excluding carboxylic acids is 1. The van der Waals surface area contributed by atoms with Crippen molar-refractivity contribution < 1.29 is 4.79 Å². The summed E-state index contributed by atoms with van der Waals surface area (Å²) in [5.41, 5.74) is 4.34. The maximum absolute atomic E-state index is 12.9. The van der Waals surface area contributed by atoms with Gasteiger partial charge in [0.25, 0.3) is 5.91 Å². The van der Waals surface area contributed by atoms with E-state index in [4.69, 9.17) is 12.2 Å². The van der Waals surface area contributed by atoms with E-state index in [1.165, 1.54) is 17.3 Å². The number of rotatable bonds is 4. The number of benzene rings is 2. The van der Waals surface area contributed by atoms with Gasteiger partial charge in [-0.25, -0.2) is 0 Å². The van der Waals surface area contributed by atoms with Crippen molar-refractivity contribution in [3.63, 3.8) is 0 Å². The molecule has 0 atom stereocenters. The van der Waals surface area contributed by atoms with E-state index in [0.29, 0.717) is 15.1 Å². The molecule has 0 bridgehead atoms. The Morgan fingerprint density at radius 3 is 2.44 bits per heavy atom. The Balaban J connectivity index is 1.90. The maximum Gasteiger partial charge on any atom is 0.270 e. The Morgan fingerprint density at radius 2 is 1.80 bits per heavy atom. The normalized spacial score (nSPS) is 16.3. The van der Waals surface area contributed by atoms with E-state index in [2.05, 4.69) is 45.0 Å². The molecule has 2 aromatic carbocycles. The van der Waals surface area contributed by atoms with Gasteiger partial charge >= 0.3 is 0 Å². The van der Waals surface area contributed by atoms with Crippen LogP contribution in [0.3, 0.4) is 0 Å². The van der Waals surface area contributed by atoms with Crippen LogP contribution in [-0.2, 0) is 11.2 Å². The first kappa shape index (κ1) is 17.9. The first-order chi connectivity index (χ1) is 12.0. The Morgan fingerprint density at radius 1 is 1.12 bits per heavy atom. The van der Waals surface area contributed by atoms with Gasteiger partial charge in [-0.05, 0) is 41.2 Å². The molecular weight excluding hydrogens is 346 g/mol. The van der Waals surface area contributed by atoms with Gasteiger partial charge in [0, 0.05) is 0 Å². The van der Waals surface area contributed by atoms with Crippen molar-refractivity contribution in [3.05, 3.63) is 70.1 Å². The van der Waals surface area contributed by atoms with Gasteiger partial charge in [-0.2, -0.15) is 0 Å². The molecule has 1 fully saturated rings. The number of thiocarbonyl (C=S) groups is 1. The molecule has 0 aliphatic carbocycles. The summed E-state index contributed by atoms with van der Waals surface area (Å²) >= 11 is 6.85. The highest BCUT2D eigenvalue weighted by molar-refractivity contribution is 8.27. The number of anilines is 1. The molecule has 1 saturated heterocycles. The number of amides is 1. The van der Waals surface area contributed by atoms with Crippen molar-refractivity contribution in [3.8, 4) is 0 Å². The van der Waals surface area contributed by atoms with Crippen LogP contribution in [0.15, 0.2) is 53.4 Å². The van der Waals surface area contributed by atoms with Gasteiger partial charge in [-0.3, -0.25) is 9.69 Å². The lowest BCUT2D eigenvalue weighted by Crippen LogP contribution is -2.28. The first-order valence-corrected chi connectivity index (χ1v) is 9.69. The van der Waals surface area contributed by atoms with Gasteiger partial charge in [0.15, 0.2) is 4.32 Å².